The molecule has 0 bridgehead atoms. The number of ketones is 1. The van der Waals surface area contributed by atoms with E-state index >= 15 is 0 Å². The topological polar surface area (TPSA) is 26.3 Å². The van der Waals surface area contributed by atoms with Crippen molar-refractivity contribution in [3.05, 3.63) is 29.6 Å². The molecule has 1 aromatic rings. The van der Waals surface area contributed by atoms with Crippen LogP contribution < -0.4 is 4.74 Å². The number of hydrogen-bond acceptors (Lipinski definition) is 2. The Balaban J connectivity index is 2.96. The number of carbonyl (C=O) groups is 1. The number of carbonyl (C=O) groups excluding carboxylic acids is 1. The minimum Gasteiger partial charge on any atom is -0.496 e. The molecule has 0 unspecified atom stereocenters. The van der Waals surface area contributed by atoms with Crippen LogP contribution in [0.2, 0.25) is 0 Å². The number of Topliss-reactive ketones (excluding diaryl/α,β-unsaturated/α-hetero) is 1. The van der Waals surface area contributed by atoms with Gasteiger partial charge >= 0.3 is 6.18 Å². The molecule has 0 fully saturated rings. The molecule has 0 aliphatic rings. The van der Waals surface area contributed by atoms with Gasteiger partial charge in [0, 0.05) is 12.0 Å². The van der Waals surface area contributed by atoms with Crippen molar-refractivity contribution in [2.24, 2.45) is 0 Å². The number of methoxy groups -OCH3 is 1. The molecule has 0 aliphatic heterocycles. The number of rotatable bonds is 3. The van der Waals surface area contributed by atoms with Gasteiger partial charge in [-0.15, -0.1) is 0 Å². The van der Waals surface area contributed by atoms with Gasteiger partial charge in [0.1, 0.15) is 11.6 Å². The fourth-order valence-corrected chi connectivity index (χ4v) is 1.16. The third kappa shape index (κ3) is 2.95. The second kappa shape index (κ2) is 4.51. The smallest absolute Gasteiger partial charge is 0.450 e. The Bertz CT molecular complexity index is 398. The molecule has 2 nitrogen and oxygen atoms in total. The summed E-state index contributed by atoms with van der Waals surface area (Å²) in [6.07, 6.45) is -5.85. The summed E-state index contributed by atoms with van der Waals surface area (Å²) in [5.74, 6) is -2.60. The van der Waals surface area contributed by atoms with Crippen LogP contribution in [0, 0.1) is 5.82 Å². The lowest BCUT2D eigenvalue weighted by Crippen LogP contribution is -2.24. The molecule has 0 saturated carbocycles. The molecule has 0 amide bonds. The summed E-state index contributed by atoms with van der Waals surface area (Å²) in [5, 5.41) is 0. The van der Waals surface area contributed by atoms with E-state index < -0.39 is 24.2 Å². The standard InChI is InChI=1S/C10H8F4O2/c1-16-8-3-2-7(11)4-6(8)5-9(15)10(12,13)14/h2-4H,5H2,1H3. The van der Waals surface area contributed by atoms with Crippen LogP contribution in [0.25, 0.3) is 0 Å². The first kappa shape index (κ1) is 12.5. The molecule has 0 aliphatic carbocycles. The second-order valence-corrected chi connectivity index (χ2v) is 3.05. The van der Waals surface area contributed by atoms with E-state index in [9.17, 15) is 22.4 Å². The molecule has 6 heteroatoms. The summed E-state index contributed by atoms with van der Waals surface area (Å²) in [6.45, 7) is 0. The Kier molecular flexibility index (Phi) is 3.51. The minimum absolute atomic E-state index is 0.0546. The van der Waals surface area contributed by atoms with Crippen molar-refractivity contribution in [2.75, 3.05) is 7.11 Å². The maximum absolute atomic E-state index is 12.8. The third-order valence-electron chi connectivity index (χ3n) is 1.91. The zero-order valence-corrected chi connectivity index (χ0v) is 8.27. The number of halogens is 4. The highest BCUT2D eigenvalue weighted by Gasteiger charge is 2.38. The van der Waals surface area contributed by atoms with E-state index in [1.165, 1.54) is 13.2 Å². The van der Waals surface area contributed by atoms with Crippen LogP contribution in [0.15, 0.2) is 18.2 Å². The average molecular weight is 236 g/mol. The van der Waals surface area contributed by atoms with Gasteiger partial charge in [-0.25, -0.2) is 4.39 Å². The van der Waals surface area contributed by atoms with E-state index in [1.807, 2.05) is 0 Å². The van der Waals surface area contributed by atoms with Crippen molar-refractivity contribution in [2.45, 2.75) is 12.6 Å². The first-order valence-electron chi connectivity index (χ1n) is 4.27. The molecule has 88 valence electrons. The number of hydrogen-bond donors (Lipinski definition) is 0. The van der Waals surface area contributed by atoms with Crippen LogP contribution in [0.3, 0.4) is 0 Å². The largest absolute Gasteiger partial charge is 0.496 e. The molecule has 1 aromatic carbocycles. The quantitative estimate of drug-likeness (QED) is 0.754. The van der Waals surface area contributed by atoms with E-state index in [2.05, 4.69) is 0 Å². The SMILES string of the molecule is COc1ccc(F)cc1CC(=O)C(F)(F)F. The lowest BCUT2D eigenvalue weighted by atomic mass is 10.1. The molecule has 0 aromatic heterocycles. The zero-order chi connectivity index (χ0) is 12.3. The van der Waals surface area contributed by atoms with Gasteiger partial charge in [0.2, 0.25) is 5.78 Å². The van der Waals surface area contributed by atoms with Crippen LogP contribution in [0.5, 0.6) is 5.75 Å². The van der Waals surface area contributed by atoms with Crippen molar-refractivity contribution in [3.63, 3.8) is 0 Å². The van der Waals surface area contributed by atoms with Crippen LogP contribution in [0.1, 0.15) is 5.56 Å². The van der Waals surface area contributed by atoms with Gasteiger partial charge < -0.3 is 4.74 Å². The van der Waals surface area contributed by atoms with Crippen molar-refractivity contribution in [3.8, 4) is 5.75 Å². The Morgan fingerprint density at radius 3 is 2.50 bits per heavy atom. The second-order valence-electron chi connectivity index (χ2n) is 3.05. The summed E-state index contributed by atoms with van der Waals surface area (Å²) < 4.78 is 53.5. The van der Waals surface area contributed by atoms with E-state index in [0.717, 1.165) is 12.1 Å². The highest BCUT2D eigenvalue weighted by atomic mass is 19.4. The molecular weight excluding hydrogens is 228 g/mol. The van der Waals surface area contributed by atoms with Crippen LogP contribution in [-0.2, 0) is 11.2 Å². The molecule has 0 radical (unpaired) electrons. The predicted octanol–water partition coefficient (Wildman–Crippen LogP) is 2.51. The highest BCUT2D eigenvalue weighted by molar-refractivity contribution is 5.86. The first-order chi connectivity index (χ1) is 7.34. The van der Waals surface area contributed by atoms with Crippen molar-refractivity contribution < 1.29 is 27.1 Å². The summed E-state index contributed by atoms with van der Waals surface area (Å²) in [7, 11) is 1.23. The molecule has 0 saturated heterocycles. The van der Waals surface area contributed by atoms with Crippen molar-refractivity contribution >= 4 is 5.78 Å². The maximum Gasteiger partial charge on any atom is 0.450 e. The Morgan fingerprint density at radius 1 is 1.38 bits per heavy atom. The van der Waals surface area contributed by atoms with E-state index in [4.69, 9.17) is 4.74 Å². The van der Waals surface area contributed by atoms with E-state index in [-0.39, 0.29) is 11.3 Å². The van der Waals surface area contributed by atoms with Crippen LogP contribution in [0.4, 0.5) is 17.6 Å². The summed E-state index contributed by atoms with van der Waals surface area (Å²) >= 11 is 0. The van der Waals surface area contributed by atoms with Crippen molar-refractivity contribution in [1.82, 2.24) is 0 Å². The number of alkyl halides is 3. The molecular formula is C10H8F4O2. The van der Waals surface area contributed by atoms with Crippen molar-refractivity contribution in [1.29, 1.82) is 0 Å². The molecule has 16 heavy (non-hydrogen) atoms. The van der Waals surface area contributed by atoms with E-state index in [0.29, 0.717) is 0 Å². The molecule has 0 spiro atoms. The van der Waals surface area contributed by atoms with Gasteiger partial charge in [0.25, 0.3) is 0 Å². The van der Waals surface area contributed by atoms with Gasteiger partial charge in [0.15, 0.2) is 0 Å². The maximum atomic E-state index is 12.8. The zero-order valence-electron chi connectivity index (χ0n) is 8.27. The van der Waals surface area contributed by atoms with Gasteiger partial charge in [-0.1, -0.05) is 0 Å². The average Bonchev–Trinajstić information content (AvgIpc) is 2.16. The summed E-state index contributed by atoms with van der Waals surface area (Å²) in [5.41, 5.74) is -0.121. The molecule has 0 N–H and O–H groups in total. The first-order valence-corrected chi connectivity index (χ1v) is 4.27. The van der Waals surface area contributed by atoms with Gasteiger partial charge in [-0.2, -0.15) is 13.2 Å². The predicted molar refractivity (Wildman–Crippen MR) is 47.7 cm³/mol. The molecule has 0 heterocycles. The summed E-state index contributed by atoms with van der Waals surface area (Å²) in [4.78, 5) is 10.7. The van der Waals surface area contributed by atoms with Crippen LogP contribution in [-0.4, -0.2) is 19.1 Å². The van der Waals surface area contributed by atoms with Gasteiger partial charge in [0.05, 0.1) is 7.11 Å². The van der Waals surface area contributed by atoms with E-state index in [1.54, 1.807) is 0 Å². The van der Waals surface area contributed by atoms with Gasteiger partial charge in [-0.3, -0.25) is 4.79 Å². The Hall–Kier alpha value is -1.59. The lowest BCUT2D eigenvalue weighted by molar-refractivity contribution is -0.170. The Labute approximate surface area is 88.8 Å². The monoisotopic (exact) mass is 236 g/mol. The van der Waals surface area contributed by atoms with Crippen LogP contribution >= 0.6 is 0 Å². The fourth-order valence-electron chi connectivity index (χ4n) is 1.16. The lowest BCUT2D eigenvalue weighted by Gasteiger charge is -2.09. The van der Waals surface area contributed by atoms with Gasteiger partial charge in [-0.05, 0) is 18.2 Å². The number of benzene rings is 1. The molecule has 0 atom stereocenters. The Morgan fingerprint density at radius 2 is 2.00 bits per heavy atom. The summed E-state index contributed by atoms with van der Waals surface area (Å²) in [6, 6.07) is 3.07. The highest BCUT2D eigenvalue weighted by Crippen LogP contribution is 2.24. The third-order valence-corrected chi connectivity index (χ3v) is 1.91. The molecule has 1 rings (SSSR count). The fraction of sp³-hybridized carbons (Fsp3) is 0.300. The number of ether oxygens (including phenoxy) is 1. The minimum atomic E-state index is -4.92. The normalized spacial score (nSPS) is 11.3.